The lowest BCUT2D eigenvalue weighted by molar-refractivity contribution is -0.171. The summed E-state index contributed by atoms with van der Waals surface area (Å²) >= 11 is 0. The van der Waals surface area contributed by atoms with Crippen LogP contribution in [0.4, 0.5) is 0 Å². The van der Waals surface area contributed by atoms with Crippen LogP contribution in [0.25, 0.3) is 0 Å². The normalized spacial score (nSPS) is 14.5. The number of hydroxylamine groups is 2. The fourth-order valence-electron chi connectivity index (χ4n) is 3.08. The molecule has 0 saturated heterocycles. The number of imide groups is 1. The van der Waals surface area contributed by atoms with Gasteiger partial charge in [-0.3, -0.25) is 9.59 Å². The Balaban J connectivity index is 1.80. The zero-order valence-electron chi connectivity index (χ0n) is 17.2. The van der Waals surface area contributed by atoms with Crippen molar-refractivity contribution in [3.63, 3.8) is 0 Å². The molecule has 0 aromatic heterocycles. The number of methoxy groups -OCH3 is 1. The van der Waals surface area contributed by atoms with Crippen molar-refractivity contribution in [2.75, 3.05) is 7.11 Å². The number of carbonyl (C=O) groups excluding carboxylic acids is 3. The molecule has 0 aliphatic carbocycles. The Hall–Kier alpha value is -3.24. The van der Waals surface area contributed by atoms with Crippen LogP contribution in [0.5, 0.6) is 5.75 Å². The highest BCUT2D eigenvalue weighted by molar-refractivity contribution is 7.89. The van der Waals surface area contributed by atoms with E-state index < -0.39 is 33.8 Å². The van der Waals surface area contributed by atoms with E-state index in [9.17, 15) is 22.8 Å². The zero-order valence-corrected chi connectivity index (χ0v) is 18.0. The van der Waals surface area contributed by atoms with Crippen LogP contribution in [0.15, 0.2) is 53.4 Å². The van der Waals surface area contributed by atoms with Gasteiger partial charge in [0.05, 0.1) is 23.1 Å². The summed E-state index contributed by atoms with van der Waals surface area (Å²) in [6.07, 6.45) is 0.0946. The van der Waals surface area contributed by atoms with E-state index in [1.54, 1.807) is 26.0 Å². The number of hydrogen-bond donors (Lipinski definition) is 1. The van der Waals surface area contributed by atoms with Gasteiger partial charge >= 0.3 is 5.97 Å². The van der Waals surface area contributed by atoms with E-state index in [1.807, 2.05) is 0 Å². The summed E-state index contributed by atoms with van der Waals surface area (Å²) in [5.74, 6) is -2.23. The van der Waals surface area contributed by atoms with Gasteiger partial charge in [0.15, 0.2) is 0 Å². The summed E-state index contributed by atoms with van der Waals surface area (Å²) in [5, 5.41) is 0.363. The van der Waals surface area contributed by atoms with Crippen LogP contribution in [0, 0.1) is 5.92 Å². The zero-order chi connectivity index (χ0) is 22.8. The van der Waals surface area contributed by atoms with E-state index >= 15 is 0 Å². The van der Waals surface area contributed by atoms with E-state index in [4.69, 9.17) is 9.57 Å². The molecule has 1 aliphatic rings. The number of ether oxygens (including phenoxy) is 1. The topological polar surface area (TPSA) is 119 Å². The van der Waals surface area contributed by atoms with Gasteiger partial charge in [0.1, 0.15) is 11.8 Å². The molecule has 0 saturated carbocycles. The molecule has 1 N–H and O–H groups in total. The molecule has 31 heavy (non-hydrogen) atoms. The Kier molecular flexibility index (Phi) is 6.42. The van der Waals surface area contributed by atoms with Crippen molar-refractivity contribution in [2.24, 2.45) is 5.92 Å². The van der Waals surface area contributed by atoms with Crippen LogP contribution < -0.4 is 9.46 Å². The highest BCUT2D eigenvalue weighted by Gasteiger charge is 2.40. The fourth-order valence-corrected chi connectivity index (χ4v) is 4.28. The molecular weight excluding hydrogens is 424 g/mol. The Bertz CT molecular complexity index is 1080. The van der Waals surface area contributed by atoms with Crippen molar-refractivity contribution < 1.29 is 32.4 Å². The maximum absolute atomic E-state index is 12.8. The van der Waals surface area contributed by atoms with Crippen LogP contribution in [0.3, 0.4) is 0 Å². The molecule has 10 heteroatoms. The number of fused-ring (bicyclic) bond motifs is 1. The number of benzene rings is 2. The Morgan fingerprint density at radius 2 is 1.55 bits per heavy atom. The minimum absolute atomic E-state index is 0.0735. The van der Waals surface area contributed by atoms with Gasteiger partial charge in [-0.15, -0.1) is 0 Å². The summed E-state index contributed by atoms with van der Waals surface area (Å²) in [5.41, 5.74) is 0.221. The predicted molar refractivity (Wildman–Crippen MR) is 110 cm³/mol. The molecule has 0 spiro atoms. The Morgan fingerprint density at radius 1 is 1.00 bits per heavy atom. The third-order valence-corrected chi connectivity index (χ3v) is 6.08. The molecule has 2 aromatic carbocycles. The van der Waals surface area contributed by atoms with Crippen molar-refractivity contribution >= 4 is 27.8 Å². The number of sulfonamides is 1. The van der Waals surface area contributed by atoms with Gasteiger partial charge in [-0.2, -0.15) is 4.72 Å². The lowest BCUT2D eigenvalue weighted by atomic mass is 10.1. The molecule has 1 unspecified atom stereocenters. The molecule has 1 aliphatic heterocycles. The summed E-state index contributed by atoms with van der Waals surface area (Å²) in [6.45, 7) is 3.59. The SMILES string of the molecule is COc1ccc(S(=O)(=O)NC(CC(C)C)C(=O)ON2C(=O)c3ccccc3C2=O)cc1. The second-order valence-corrected chi connectivity index (χ2v) is 9.05. The number of hydrogen-bond acceptors (Lipinski definition) is 7. The first-order chi connectivity index (χ1) is 14.6. The van der Waals surface area contributed by atoms with Crippen molar-refractivity contribution in [3.8, 4) is 5.75 Å². The van der Waals surface area contributed by atoms with Gasteiger partial charge in [-0.25, -0.2) is 13.2 Å². The predicted octanol–water partition coefficient (Wildman–Crippen LogP) is 2.14. The standard InChI is InChI=1S/C21H22N2O7S/c1-13(2)12-18(22-31(27,28)15-10-8-14(29-3)9-11-15)21(26)30-23-19(24)16-6-4-5-7-17(16)20(23)25/h4-11,13,18,22H,12H2,1-3H3. The second kappa shape index (κ2) is 8.86. The molecule has 9 nitrogen and oxygen atoms in total. The third-order valence-electron chi connectivity index (χ3n) is 4.60. The molecule has 2 amide bonds. The van der Waals surface area contributed by atoms with Gasteiger partial charge in [0.2, 0.25) is 10.0 Å². The number of carbonyl (C=O) groups is 3. The second-order valence-electron chi connectivity index (χ2n) is 7.34. The van der Waals surface area contributed by atoms with Crippen molar-refractivity contribution in [2.45, 2.75) is 31.2 Å². The maximum atomic E-state index is 12.8. The van der Waals surface area contributed by atoms with Crippen molar-refractivity contribution in [3.05, 3.63) is 59.7 Å². The first-order valence-corrected chi connectivity index (χ1v) is 11.0. The number of rotatable bonds is 8. The van der Waals surface area contributed by atoms with Gasteiger partial charge in [0.25, 0.3) is 11.8 Å². The molecule has 0 fully saturated rings. The summed E-state index contributed by atoms with van der Waals surface area (Å²) in [6, 6.07) is 10.4. The lowest BCUT2D eigenvalue weighted by Gasteiger charge is -2.21. The van der Waals surface area contributed by atoms with Crippen LogP contribution in [0.1, 0.15) is 41.0 Å². The molecule has 2 aromatic rings. The summed E-state index contributed by atoms with van der Waals surface area (Å²) in [7, 11) is -2.63. The van der Waals surface area contributed by atoms with Crippen LogP contribution in [-0.2, 0) is 19.7 Å². The van der Waals surface area contributed by atoms with Gasteiger partial charge < -0.3 is 9.57 Å². The van der Waals surface area contributed by atoms with E-state index in [0.29, 0.717) is 10.8 Å². The van der Waals surface area contributed by atoms with Crippen molar-refractivity contribution in [1.29, 1.82) is 0 Å². The smallest absolute Gasteiger partial charge is 0.351 e. The van der Waals surface area contributed by atoms with Crippen molar-refractivity contribution in [1.82, 2.24) is 9.79 Å². The van der Waals surface area contributed by atoms with Gasteiger partial charge in [-0.1, -0.05) is 31.0 Å². The largest absolute Gasteiger partial charge is 0.497 e. The first kappa shape index (κ1) is 22.4. The van der Waals surface area contributed by atoms with E-state index in [0.717, 1.165) is 0 Å². The third kappa shape index (κ3) is 4.75. The quantitative estimate of drug-likeness (QED) is 0.617. The minimum Gasteiger partial charge on any atom is -0.497 e. The molecule has 3 rings (SSSR count). The van der Waals surface area contributed by atoms with E-state index in [1.165, 1.54) is 43.5 Å². The monoisotopic (exact) mass is 446 g/mol. The lowest BCUT2D eigenvalue weighted by Crippen LogP contribution is -2.46. The number of nitrogens with one attached hydrogen (secondary N) is 1. The van der Waals surface area contributed by atoms with Gasteiger partial charge in [-0.05, 0) is 48.7 Å². The van der Waals surface area contributed by atoms with E-state index in [2.05, 4.69) is 4.72 Å². The van der Waals surface area contributed by atoms with Crippen LogP contribution in [-0.4, -0.2) is 44.4 Å². The maximum Gasteiger partial charge on any atom is 0.351 e. The Labute approximate surface area is 180 Å². The molecule has 1 heterocycles. The van der Waals surface area contributed by atoms with E-state index in [-0.39, 0.29) is 28.4 Å². The minimum atomic E-state index is -4.08. The van der Waals surface area contributed by atoms with Crippen LogP contribution in [0.2, 0.25) is 0 Å². The molecule has 0 radical (unpaired) electrons. The van der Waals surface area contributed by atoms with Gasteiger partial charge in [0, 0.05) is 0 Å². The summed E-state index contributed by atoms with van der Waals surface area (Å²) < 4.78 is 32.9. The van der Waals surface area contributed by atoms with Crippen LogP contribution >= 0.6 is 0 Å². The Morgan fingerprint density at radius 3 is 2.03 bits per heavy atom. The molecule has 164 valence electrons. The molecule has 1 atom stereocenters. The number of nitrogens with zero attached hydrogens (tertiary/aromatic N) is 1. The summed E-state index contributed by atoms with van der Waals surface area (Å²) in [4.78, 5) is 42.6. The first-order valence-electron chi connectivity index (χ1n) is 9.50. The highest BCUT2D eigenvalue weighted by Crippen LogP contribution is 2.24. The number of amides is 2. The molecule has 0 bridgehead atoms. The average Bonchev–Trinajstić information content (AvgIpc) is 2.98. The average molecular weight is 446 g/mol. The fraction of sp³-hybridized carbons (Fsp3) is 0.286. The molecular formula is C21H22N2O7S. The highest BCUT2D eigenvalue weighted by atomic mass is 32.2.